The van der Waals surface area contributed by atoms with Gasteiger partial charge in [0.15, 0.2) is 0 Å². The molecule has 4 aromatic rings. The van der Waals surface area contributed by atoms with E-state index < -0.39 is 0 Å². The van der Waals surface area contributed by atoms with E-state index in [1.165, 1.54) is 33.4 Å². The van der Waals surface area contributed by atoms with E-state index in [9.17, 15) is 0 Å². The summed E-state index contributed by atoms with van der Waals surface area (Å²) < 4.78 is 6.10. The number of rotatable bonds is 13. The Bertz CT molecular complexity index is 1370. The van der Waals surface area contributed by atoms with Gasteiger partial charge in [-0.15, -0.1) is 11.6 Å². The van der Waals surface area contributed by atoms with E-state index in [2.05, 4.69) is 129 Å². The molecule has 198 valence electrons. The minimum absolute atomic E-state index is 0.563. The SMILES string of the molecule is C=C(CCCOc1ccc(/C(=C(/CCCl)c2ccccc2)c2ccccc2)cc1)c1ccc(/C=C/CC)cc1. The molecule has 39 heavy (non-hydrogen) atoms. The fourth-order valence-electron chi connectivity index (χ4n) is 4.69. The molecular weight excluding hydrogens is 496 g/mol. The maximum absolute atomic E-state index is 6.28. The van der Waals surface area contributed by atoms with E-state index in [1.807, 2.05) is 6.07 Å². The van der Waals surface area contributed by atoms with Crippen molar-refractivity contribution in [2.75, 3.05) is 12.5 Å². The van der Waals surface area contributed by atoms with Gasteiger partial charge in [0.05, 0.1) is 6.61 Å². The molecule has 4 rings (SSSR count). The lowest BCUT2D eigenvalue weighted by Crippen LogP contribution is -1.99. The monoisotopic (exact) mass is 532 g/mol. The molecule has 0 unspecified atom stereocenters. The summed E-state index contributed by atoms with van der Waals surface area (Å²) in [6.07, 6.45) is 7.99. The summed E-state index contributed by atoms with van der Waals surface area (Å²) in [4.78, 5) is 0. The Kier molecular flexibility index (Phi) is 10.8. The van der Waals surface area contributed by atoms with Crippen LogP contribution in [0.4, 0.5) is 0 Å². The summed E-state index contributed by atoms with van der Waals surface area (Å²) in [6, 6.07) is 38.1. The number of hydrogen-bond acceptors (Lipinski definition) is 1. The van der Waals surface area contributed by atoms with Crippen molar-refractivity contribution >= 4 is 34.4 Å². The summed E-state index contributed by atoms with van der Waals surface area (Å²) in [7, 11) is 0. The molecule has 2 heteroatoms. The first-order chi connectivity index (χ1) is 19.2. The third-order valence-corrected chi connectivity index (χ3v) is 6.92. The number of hydrogen-bond donors (Lipinski definition) is 0. The average molecular weight is 533 g/mol. The van der Waals surface area contributed by atoms with Crippen LogP contribution in [0, 0.1) is 0 Å². The van der Waals surface area contributed by atoms with E-state index in [4.69, 9.17) is 16.3 Å². The third kappa shape index (κ3) is 8.09. The van der Waals surface area contributed by atoms with Crippen molar-refractivity contribution in [3.05, 3.63) is 150 Å². The van der Waals surface area contributed by atoms with E-state index in [0.29, 0.717) is 12.5 Å². The lowest BCUT2D eigenvalue weighted by Gasteiger charge is -2.17. The maximum atomic E-state index is 6.28. The summed E-state index contributed by atoms with van der Waals surface area (Å²) in [6.45, 7) is 7.09. The Hall–Kier alpha value is -3.81. The number of alkyl halides is 1. The van der Waals surface area contributed by atoms with E-state index >= 15 is 0 Å². The van der Waals surface area contributed by atoms with Crippen molar-refractivity contribution in [2.24, 2.45) is 0 Å². The Labute approximate surface area is 239 Å². The lowest BCUT2D eigenvalue weighted by molar-refractivity contribution is 0.313. The smallest absolute Gasteiger partial charge is 0.119 e. The minimum atomic E-state index is 0.563. The van der Waals surface area contributed by atoms with Crippen LogP contribution in [0.25, 0.3) is 22.8 Å². The number of benzene rings is 4. The molecule has 0 saturated heterocycles. The molecule has 0 amide bonds. The van der Waals surface area contributed by atoms with Crippen LogP contribution in [0.1, 0.15) is 60.4 Å². The topological polar surface area (TPSA) is 9.23 Å². The Morgan fingerprint density at radius 2 is 1.31 bits per heavy atom. The molecule has 0 aliphatic heterocycles. The van der Waals surface area contributed by atoms with Crippen LogP contribution in [0.15, 0.2) is 122 Å². The first-order valence-electron chi connectivity index (χ1n) is 13.8. The Morgan fingerprint density at radius 3 is 1.92 bits per heavy atom. The van der Waals surface area contributed by atoms with Gasteiger partial charge < -0.3 is 4.74 Å². The quantitative estimate of drug-likeness (QED) is 0.0944. The van der Waals surface area contributed by atoms with Crippen LogP contribution in [-0.2, 0) is 0 Å². The number of halogens is 1. The molecule has 4 aromatic carbocycles. The van der Waals surface area contributed by atoms with Crippen LogP contribution in [0.5, 0.6) is 5.75 Å². The molecule has 1 nitrogen and oxygen atoms in total. The first-order valence-corrected chi connectivity index (χ1v) is 14.3. The third-order valence-electron chi connectivity index (χ3n) is 6.73. The van der Waals surface area contributed by atoms with Crippen LogP contribution in [-0.4, -0.2) is 12.5 Å². The molecule has 0 heterocycles. The van der Waals surface area contributed by atoms with Crippen LogP contribution in [0.2, 0.25) is 0 Å². The van der Waals surface area contributed by atoms with E-state index in [0.717, 1.165) is 42.6 Å². The molecule has 0 aliphatic carbocycles. The highest BCUT2D eigenvalue weighted by Crippen LogP contribution is 2.35. The van der Waals surface area contributed by atoms with Gasteiger partial charge in [-0.1, -0.05) is 123 Å². The van der Waals surface area contributed by atoms with Gasteiger partial charge >= 0.3 is 0 Å². The van der Waals surface area contributed by atoms with E-state index in [1.54, 1.807) is 0 Å². The maximum Gasteiger partial charge on any atom is 0.119 e. The minimum Gasteiger partial charge on any atom is -0.494 e. The Balaban J connectivity index is 1.43. The van der Waals surface area contributed by atoms with Gasteiger partial charge in [-0.05, 0) is 82.4 Å². The fraction of sp³-hybridized carbons (Fsp3) is 0.189. The molecule has 0 atom stereocenters. The van der Waals surface area contributed by atoms with Gasteiger partial charge in [0.25, 0.3) is 0 Å². The van der Waals surface area contributed by atoms with Crippen molar-refractivity contribution in [2.45, 2.75) is 32.6 Å². The molecule has 0 spiro atoms. The standard InChI is InChI=1S/C37H37ClO/c1-3-4-13-30-18-20-31(21-19-30)29(2)12-11-28-39-35-24-22-34(23-25-35)37(33-16-9-6-10-17-33)36(26-27-38)32-14-7-5-8-15-32/h4-10,13-25H,2-3,11-12,26-28H2,1H3/b13-4+,37-36-. The molecule has 0 fully saturated rings. The van der Waals surface area contributed by atoms with Crippen molar-refractivity contribution in [1.82, 2.24) is 0 Å². The second-order valence-electron chi connectivity index (χ2n) is 9.54. The highest BCUT2D eigenvalue weighted by Gasteiger charge is 2.14. The number of allylic oxidation sites excluding steroid dienone is 3. The normalized spacial score (nSPS) is 11.8. The van der Waals surface area contributed by atoms with Gasteiger partial charge in [-0.3, -0.25) is 0 Å². The molecule has 0 aliphatic rings. The summed E-state index contributed by atoms with van der Waals surface area (Å²) in [5, 5.41) is 0. The van der Waals surface area contributed by atoms with Gasteiger partial charge in [0.2, 0.25) is 0 Å². The zero-order valence-corrected chi connectivity index (χ0v) is 23.5. The molecular formula is C37H37ClO. The highest BCUT2D eigenvalue weighted by molar-refractivity contribution is 6.18. The first kappa shape index (κ1) is 28.2. The second-order valence-corrected chi connectivity index (χ2v) is 9.92. The number of ether oxygens (including phenoxy) is 1. The van der Waals surface area contributed by atoms with Crippen LogP contribution in [0.3, 0.4) is 0 Å². The predicted molar refractivity (Wildman–Crippen MR) is 170 cm³/mol. The van der Waals surface area contributed by atoms with Gasteiger partial charge in [0, 0.05) is 5.88 Å². The zero-order chi connectivity index (χ0) is 27.3. The largest absolute Gasteiger partial charge is 0.494 e. The molecule has 0 radical (unpaired) electrons. The van der Waals surface area contributed by atoms with Crippen molar-refractivity contribution in [1.29, 1.82) is 0 Å². The molecule has 0 N–H and O–H groups in total. The van der Waals surface area contributed by atoms with Crippen molar-refractivity contribution in [3.8, 4) is 5.75 Å². The summed E-state index contributed by atoms with van der Waals surface area (Å²) >= 11 is 6.28. The van der Waals surface area contributed by atoms with Gasteiger partial charge in [-0.2, -0.15) is 0 Å². The van der Waals surface area contributed by atoms with Crippen molar-refractivity contribution < 1.29 is 4.74 Å². The summed E-state index contributed by atoms with van der Waals surface area (Å²) in [5.74, 6) is 1.44. The second kappa shape index (κ2) is 15.0. The summed E-state index contributed by atoms with van der Waals surface area (Å²) in [5.41, 5.74) is 9.56. The highest BCUT2D eigenvalue weighted by atomic mass is 35.5. The van der Waals surface area contributed by atoms with Crippen LogP contribution >= 0.6 is 11.6 Å². The van der Waals surface area contributed by atoms with Crippen molar-refractivity contribution in [3.63, 3.8) is 0 Å². The average Bonchev–Trinajstić information content (AvgIpc) is 3.00. The van der Waals surface area contributed by atoms with E-state index in [-0.39, 0.29) is 0 Å². The fourth-order valence-corrected chi connectivity index (χ4v) is 4.88. The molecule has 0 aromatic heterocycles. The molecule has 0 bridgehead atoms. The predicted octanol–water partition coefficient (Wildman–Crippen LogP) is 10.6. The molecule has 0 saturated carbocycles. The zero-order valence-electron chi connectivity index (χ0n) is 22.8. The lowest BCUT2D eigenvalue weighted by atomic mass is 9.88. The van der Waals surface area contributed by atoms with Gasteiger partial charge in [-0.25, -0.2) is 0 Å². The van der Waals surface area contributed by atoms with Crippen LogP contribution < -0.4 is 4.74 Å². The Morgan fingerprint density at radius 1 is 0.718 bits per heavy atom. The van der Waals surface area contributed by atoms with Gasteiger partial charge in [0.1, 0.15) is 5.75 Å².